The van der Waals surface area contributed by atoms with E-state index < -0.39 is 5.82 Å². The van der Waals surface area contributed by atoms with Gasteiger partial charge in [-0.3, -0.25) is 0 Å². The Balaban J connectivity index is 2.65. The average molecular weight is 231 g/mol. The highest BCUT2D eigenvalue weighted by molar-refractivity contribution is 6.30. The third-order valence-corrected chi connectivity index (χ3v) is 2.64. The van der Waals surface area contributed by atoms with Crippen LogP contribution in [0.4, 0.5) is 4.39 Å². The van der Waals surface area contributed by atoms with Crippen LogP contribution in [0.5, 0.6) is 0 Å². The van der Waals surface area contributed by atoms with Crippen LogP contribution < -0.4 is 11.5 Å². The number of hydrogen-bond acceptors (Lipinski definition) is 2. The van der Waals surface area contributed by atoms with E-state index in [0.29, 0.717) is 12.1 Å². The van der Waals surface area contributed by atoms with E-state index >= 15 is 0 Å². The lowest BCUT2D eigenvalue weighted by atomic mass is 10.0. The average Bonchev–Trinajstić information content (AvgIpc) is 2.22. The summed E-state index contributed by atoms with van der Waals surface area (Å²) >= 11 is 5.67. The fraction of sp³-hybridized carbons (Fsp3) is 0.455. The molecule has 0 fully saturated rings. The molecule has 1 aromatic rings. The Morgan fingerprint density at radius 3 is 2.73 bits per heavy atom. The highest BCUT2D eigenvalue weighted by atomic mass is 35.5. The van der Waals surface area contributed by atoms with E-state index in [-0.39, 0.29) is 11.1 Å². The summed E-state index contributed by atoms with van der Waals surface area (Å²) in [7, 11) is 0. The van der Waals surface area contributed by atoms with Gasteiger partial charge < -0.3 is 11.5 Å². The molecule has 0 aliphatic heterocycles. The second-order valence-electron chi connectivity index (χ2n) is 3.53. The zero-order chi connectivity index (χ0) is 11.3. The van der Waals surface area contributed by atoms with Gasteiger partial charge in [-0.25, -0.2) is 4.39 Å². The molecule has 0 aromatic heterocycles. The Labute approximate surface area is 94.4 Å². The molecule has 4 N–H and O–H groups in total. The van der Waals surface area contributed by atoms with Crippen LogP contribution in [0.25, 0.3) is 0 Å². The first-order valence-electron chi connectivity index (χ1n) is 5.06. The number of halogens is 2. The maximum Gasteiger partial charge on any atom is 0.146 e. The van der Waals surface area contributed by atoms with Crippen LogP contribution in [0.2, 0.25) is 5.02 Å². The Bertz CT molecular complexity index is 317. The Morgan fingerprint density at radius 1 is 1.33 bits per heavy atom. The molecule has 0 bridgehead atoms. The van der Waals surface area contributed by atoms with E-state index in [2.05, 4.69) is 0 Å². The SMILES string of the molecule is NCCCC[C@@H](N)c1cccc(Cl)c1F. The maximum atomic E-state index is 13.5. The first-order chi connectivity index (χ1) is 7.16. The fourth-order valence-corrected chi connectivity index (χ4v) is 1.65. The number of nitrogens with two attached hydrogens (primary N) is 2. The van der Waals surface area contributed by atoms with Gasteiger partial charge in [0.2, 0.25) is 0 Å². The highest BCUT2D eigenvalue weighted by Gasteiger charge is 2.12. The molecule has 4 heteroatoms. The second kappa shape index (κ2) is 6.05. The molecular weight excluding hydrogens is 215 g/mol. The monoisotopic (exact) mass is 230 g/mol. The molecule has 0 spiro atoms. The normalized spacial score (nSPS) is 12.8. The molecule has 84 valence electrons. The predicted molar refractivity (Wildman–Crippen MR) is 61.2 cm³/mol. The van der Waals surface area contributed by atoms with Gasteiger partial charge in [0.05, 0.1) is 5.02 Å². The van der Waals surface area contributed by atoms with Gasteiger partial charge in [-0.1, -0.05) is 30.2 Å². The number of benzene rings is 1. The first-order valence-corrected chi connectivity index (χ1v) is 5.44. The minimum Gasteiger partial charge on any atom is -0.330 e. The van der Waals surface area contributed by atoms with Crippen molar-refractivity contribution < 1.29 is 4.39 Å². The zero-order valence-electron chi connectivity index (χ0n) is 8.55. The smallest absolute Gasteiger partial charge is 0.146 e. The summed E-state index contributed by atoms with van der Waals surface area (Å²) in [6.07, 6.45) is 2.55. The first kappa shape index (κ1) is 12.4. The van der Waals surface area contributed by atoms with E-state index in [1.54, 1.807) is 12.1 Å². The van der Waals surface area contributed by atoms with Gasteiger partial charge in [-0.15, -0.1) is 0 Å². The summed E-state index contributed by atoms with van der Waals surface area (Å²) in [6.45, 7) is 0.644. The van der Waals surface area contributed by atoms with Crippen molar-refractivity contribution in [3.63, 3.8) is 0 Å². The minimum absolute atomic E-state index is 0.127. The Kier molecular flexibility index (Phi) is 5.02. The van der Waals surface area contributed by atoms with Crippen molar-refractivity contribution in [3.05, 3.63) is 34.6 Å². The minimum atomic E-state index is -0.403. The van der Waals surface area contributed by atoms with Crippen LogP contribution in [0, 0.1) is 5.82 Å². The summed E-state index contributed by atoms with van der Waals surface area (Å²) < 4.78 is 13.5. The molecule has 2 nitrogen and oxygen atoms in total. The van der Waals surface area contributed by atoms with Crippen molar-refractivity contribution in [2.75, 3.05) is 6.54 Å². The summed E-state index contributed by atoms with van der Waals surface area (Å²) in [5.41, 5.74) is 11.7. The molecule has 0 amide bonds. The van der Waals surface area contributed by atoms with Crippen molar-refractivity contribution in [2.24, 2.45) is 11.5 Å². The topological polar surface area (TPSA) is 52.0 Å². The summed E-state index contributed by atoms with van der Waals surface area (Å²) in [4.78, 5) is 0. The molecule has 1 rings (SSSR count). The van der Waals surface area contributed by atoms with Crippen molar-refractivity contribution >= 4 is 11.6 Å². The lowest BCUT2D eigenvalue weighted by molar-refractivity contribution is 0.543. The highest BCUT2D eigenvalue weighted by Crippen LogP contribution is 2.24. The number of rotatable bonds is 5. The fourth-order valence-electron chi connectivity index (χ4n) is 1.47. The summed E-state index contributed by atoms with van der Waals surface area (Å²) in [5, 5.41) is 0.127. The van der Waals surface area contributed by atoms with E-state index in [9.17, 15) is 4.39 Å². The van der Waals surface area contributed by atoms with Gasteiger partial charge in [0, 0.05) is 11.6 Å². The molecule has 1 atom stereocenters. The van der Waals surface area contributed by atoms with Crippen LogP contribution in [0.15, 0.2) is 18.2 Å². The molecule has 1 aromatic carbocycles. The van der Waals surface area contributed by atoms with Gasteiger partial charge >= 0.3 is 0 Å². The van der Waals surface area contributed by atoms with Gasteiger partial charge in [0.15, 0.2) is 0 Å². The van der Waals surface area contributed by atoms with Crippen molar-refractivity contribution in [3.8, 4) is 0 Å². The molecule has 0 aliphatic carbocycles. The van der Waals surface area contributed by atoms with E-state index in [1.165, 1.54) is 6.07 Å². The number of hydrogen-bond donors (Lipinski definition) is 2. The van der Waals surface area contributed by atoms with Gasteiger partial charge in [0.25, 0.3) is 0 Å². The molecule has 0 unspecified atom stereocenters. The van der Waals surface area contributed by atoms with Crippen molar-refractivity contribution in [2.45, 2.75) is 25.3 Å². The zero-order valence-corrected chi connectivity index (χ0v) is 9.30. The van der Waals surface area contributed by atoms with E-state index in [0.717, 1.165) is 19.3 Å². The predicted octanol–water partition coefficient (Wildman–Crippen LogP) is 2.61. The van der Waals surface area contributed by atoms with Crippen LogP contribution in [-0.2, 0) is 0 Å². The summed E-state index contributed by atoms with van der Waals surface area (Å²) in [6, 6.07) is 4.61. The van der Waals surface area contributed by atoms with Crippen LogP contribution in [-0.4, -0.2) is 6.54 Å². The molecule has 0 saturated carbocycles. The third-order valence-electron chi connectivity index (χ3n) is 2.35. The lowest BCUT2D eigenvalue weighted by Crippen LogP contribution is -2.13. The number of unbranched alkanes of at least 4 members (excludes halogenated alkanes) is 1. The van der Waals surface area contributed by atoms with Gasteiger partial charge in [-0.05, 0) is 25.5 Å². The van der Waals surface area contributed by atoms with Crippen LogP contribution >= 0.6 is 11.6 Å². The molecule has 0 radical (unpaired) electrons. The van der Waals surface area contributed by atoms with Gasteiger partial charge in [0.1, 0.15) is 5.82 Å². The quantitative estimate of drug-likeness (QED) is 0.764. The largest absolute Gasteiger partial charge is 0.330 e. The van der Waals surface area contributed by atoms with Crippen molar-refractivity contribution in [1.82, 2.24) is 0 Å². The standard InChI is InChI=1S/C11H16ClFN2/c12-9-5-3-4-8(11(9)13)10(15)6-1-2-7-14/h3-5,10H,1-2,6-7,14-15H2/t10-/m1/s1. The van der Waals surface area contributed by atoms with Gasteiger partial charge in [-0.2, -0.15) is 0 Å². The van der Waals surface area contributed by atoms with Crippen molar-refractivity contribution in [1.29, 1.82) is 0 Å². The molecular formula is C11H16ClFN2. The van der Waals surface area contributed by atoms with Crippen LogP contribution in [0.3, 0.4) is 0 Å². The third kappa shape index (κ3) is 3.45. The molecule has 0 aliphatic rings. The van der Waals surface area contributed by atoms with E-state index in [4.69, 9.17) is 23.1 Å². The lowest BCUT2D eigenvalue weighted by Gasteiger charge is -2.13. The summed E-state index contributed by atoms with van der Waals surface area (Å²) in [5.74, 6) is -0.403. The molecule has 0 heterocycles. The molecule has 15 heavy (non-hydrogen) atoms. The van der Waals surface area contributed by atoms with Crippen LogP contribution in [0.1, 0.15) is 30.9 Å². The Hall–Kier alpha value is -0.640. The molecule has 0 saturated heterocycles. The maximum absolute atomic E-state index is 13.5. The van der Waals surface area contributed by atoms with E-state index in [1.807, 2.05) is 0 Å². The second-order valence-corrected chi connectivity index (χ2v) is 3.94. The Morgan fingerprint density at radius 2 is 2.07 bits per heavy atom.